The Hall–Kier alpha value is -2.68. The van der Waals surface area contributed by atoms with Crippen molar-refractivity contribution in [3.8, 4) is 0 Å². The number of nitrogens with zero attached hydrogens (tertiary/aromatic N) is 2. The monoisotopic (exact) mass is 343 g/mol. The molecule has 0 aliphatic heterocycles. The number of rotatable bonds is 6. The minimum absolute atomic E-state index is 0.0923. The standard InChI is InChI=1S/C13H14ClN3O6/c1-15-11(18)6-16(2)12(19)7-23-13(20)9-4-3-8(14)5-10(9)17(21)22/h3-5H,6-7H2,1-2H3,(H,15,18). The predicted octanol–water partition coefficient (Wildman–Crippen LogP) is 0.609. The molecule has 0 aliphatic carbocycles. The van der Waals surface area contributed by atoms with Crippen LogP contribution in [0.2, 0.25) is 5.02 Å². The van der Waals surface area contributed by atoms with Crippen molar-refractivity contribution in [2.24, 2.45) is 0 Å². The van der Waals surface area contributed by atoms with E-state index in [0.29, 0.717) is 0 Å². The molecule has 1 aromatic rings. The minimum Gasteiger partial charge on any atom is -0.452 e. The summed E-state index contributed by atoms with van der Waals surface area (Å²) >= 11 is 5.64. The van der Waals surface area contributed by atoms with Gasteiger partial charge in [-0.2, -0.15) is 0 Å². The summed E-state index contributed by atoms with van der Waals surface area (Å²) in [5.41, 5.74) is -0.838. The van der Waals surface area contributed by atoms with Gasteiger partial charge in [0.15, 0.2) is 6.61 Å². The Labute approximate surface area is 136 Å². The zero-order chi connectivity index (χ0) is 17.6. The van der Waals surface area contributed by atoms with E-state index in [4.69, 9.17) is 16.3 Å². The van der Waals surface area contributed by atoms with Gasteiger partial charge in [-0.1, -0.05) is 11.6 Å². The predicted molar refractivity (Wildman–Crippen MR) is 80.1 cm³/mol. The molecule has 0 atom stereocenters. The number of nitrogens with one attached hydrogen (secondary N) is 1. The van der Waals surface area contributed by atoms with Crippen molar-refractivity contribution in [2.45, 2.75) is 0 Å². The summed E-state index contributed by atoms with van der Waals surface area (Å²) in [6, 6.07) is 3.45. The summed E-state index contributed by atoms with van der Waals surface area (Å²) in [5.74, 6) is -2.05. The van der Waals surface area contributed by atoms with Crippen molar-refractivity contribution >= 4 is 35.1 Å². The van der Waals surface area contributed by atoms with Crippen LogP contribution in [0.1, 0.15) is 10.4 Å². The molecule has 1 aromatic carbocycles. The molecule has 10 heteroatoms. The number of ether oxygens (including phenoxy) is 1. The fourth-order valence-corrected chi connectivity index (χ4v) is 1.69. The molecular weight excluding hydrogens is 330 g/mol. The van der Waals surface area contributed by atoms with Crippen molar-refractivity contribution in [2.75, 3.05) is 27.2 Å². The first-order valence-electron chi connectivity index (χ1n) is 6.32. The lowest BCUT2D eigenvalue weighted by atomic mass is 10.2. The normalized spacial score (nSPS) is 9.87. The number of esters is 1. The van der Waals surface area contributed by atoms with Crippen LogP contribution in [-0.2, 0) is 14.3 Å². The number of halogens is 1. The van der Waals surface area contributed by atoms with Gasteiger partial charge < -0.3 is 15.0 Å². The highest BCUT2D eigenvalue weighted by Gasteiger charge is 2.23. The third-order valence-electron chi connectivity index (χ3n) is 2.79. The van der Waals surface area contributed by atoms with Crippen molar-refractivity contribution in [1.82, 2.24) is 10.2 Å². The maximum absolute atomic E-state index is 11.9. The number of nitro groups is 1. The van der Waals surface area contributed by atoms with Crippen LogP contribution < -0.4 is 5.32 Å². The molecule has 0 aromatic heterocycles. The molecule has 0 saturated heterocycles. The molecule has 0 saturated carbocycles. The topological polar surface area (TPSA) is 119 Å². The number of amides is 2. The van der Waals surface area contributed by atoms with Gasteiger partial charge in [-0.25, -0.2) is 4.79 Å². The zero-order valence-corrected chi connectivity index (χ0v) is 13.1. The van der Waals surface area contributed by atoms with Crippen LogP contribution >= 0.6 is 11.6 Å². The van der Waals surface area contributed by atoms with Crippen LogP contribution in [0, 0.1) is 10.1 Å². The van der Waals surface area contributed by atoms with Crippen molar-refractivity contribution in [3.05, 3.63) is 38.9 Å². The molecular formula is C13H14ClN3O6. The highest BCUT2D eigenvalue weighted by Crippen LogP contribution is 2.23. The Morgan fingerprint density at radius 2 is 2.04 bits per heavy atom. The number of likely N-dealkylation sites (N-methyl/N-ethyl adjacent to an activating group) is 2. The highest BCUT2D eigenvalue weighted by molar-refractivity contribution is 6.31. The van der Waals surface area contributed by atoms with Crippen LogP contribution in [0.3, 0.4) is 0 Å². The molecule has 124 valence electrons. The second-order valence-corrected chi connectivity index (χ2v) is 4.85. The van der Waals surface area contributed by atoms with Crippen LogP contribution in [0.25, 0.3) is 0 Å². The van der Waals surface area contributed by atoms with E-state index in [1.807, 2.05) is 0 Å². The van der Waals surface area contributed by atoms with Gasteiger partial charge in [0.25, 0.3) is 11.6 Å². The van der Waals surface area contributed by atoms with E-state index < -0.39 is 29.1 Å². The van der Waals surface area contributed by atoms with Gasteiger partial charge in [-0.15, -0.1) is 0 Å². The van der Waals surface area contributed by atoms with Gasteiger partial charge >= 0.3 is 5.97 Å². The number of hydrogen-bond acceptors (Lipinski definition) is 6. The minimum atomic E-state index is -1.03. The van der Waals surface area contributed by atoms with Gasteiger partial charge in [0.05, 0.1) is 11.5 Å². The molecule has 0 radical (unpaired) electrons. The van der Waals surface area contributed by atoms with Gasteiger partial charge in [-0.3, -0.25) is 19.7 Å². The first kappa shape index (κ1) is 18.4. The summed E-state index contributed by atoms with van der Waals surface area (Å²) in [6.07, 6.45) is 0. The molecule has 0 fully saturated rings. The fraction of sp³-hybridized carbons (Fsp3) is 0.308. The Morgan fingerprint density at radius 3 is 2.61 bits per heavy atom. The molecule has 0 unspecified atom stereocenters. The van der Waals surface area contributed by atoms with Crippen molar-refractivity contribution < 1.29 is 24.0 Å². The average molecular weight is 344 g/mol. The van der Waals surface area contributed by atoms with Crippen LogP contribution in [0.5, 0.6) is 0 Å². The second-order valence-electron chi connectivity index (χ2n) is 4.42. The number of hydrogen-bond donors (Lipinski definition) is 1. The van der Waals surface area contributed by atoms with Gasteiger partial charge in [0, 0.05) is 25.2 Å². The molecule has 0 bridgehead atoms. The largest absolute Gasteiger partial charge is 0.452 e. The van der Waals surface area contributed by atoms with E-state index in [1.165, 1.54) is 20.2 Å². The lowest BCUT2D eigenvalue weighted by Crippen LogP contribution is -2.39. The van der Waals surface area contributed by atoms with Crippen LogP contribution in [0.15, 0.2) is 18.2 Å². The first-order chi connectivity index (χ1) is 10.8. The Morgan fingerprint density at radius 1 is 1.39 bits per heavy atom. The van der Waals surface area contributed by atoms with Crippen LogP contribution in [0.4, 0.5) is 5.69 Å². The molecule has 23 heavy (non-hydrogen) atoms. The molecule has 9 nitrogen and oxygen atoms in total. The average Bonchev–Trinajstić information content (AvgIpc) is 2.51. The maximum Gasteiger partial charge on any atom is 0.345 e. The summed E-state index contributed by atoms with van der Waals surface area (Å²) in [7, 11) is 2.77. The van der Waals surface area contributed by atoms with E-state index in [1.54, 1.807) is 0 Å². The Kier molecular flexibility index (Phi) is 6.46. The fourth-order valence-electron chi connectivity index (χ4n) is 1.53. The molecule has 0 spiro atoms. The zero-order valence-electron chi connectivity index (χ0n) is 12.4. The van der Waals surface area contributed by atoms with Crippen molar-refractivity contribution in [3.63, 3.8) is 0 Å². The molecule has 2 amide bonds. The van der Waals surface area contributed by atoms with E-state index in [-0.39, 0.29) is 23.0 Å². The third-order valence-corrected chi connectivity index (χ3v) is 3.02. The summed E-state index contributed by atoms with van der Waals surface area (Å²) < 4.78 is 4.75. The van der Waals surface area contributed by atoms with Crippen LogP contribution in [-0.4, -0.2) is 54.9 Å². The Balaban J connectivity index is 2.72. The van der Waals surface area contributed by atoms with Gasteiger partial charge in [0.1, 0.15) is 5.56 Å². The summed E-state index contributed by atoms with van der Waals surface area (Å²) in [5, 5.41) is 13.3. The molecule has 1 N–H and O–H groups in total. The quantitative estimate of drug-likeness (QED) is 0.459. The van der Waals surface area contributed by atoms with Crippen molar-refractivity contribution in [1.29, 1.82) is 0 Å². The SMILES string of the molecule is CNC(=O)CN(C)C(=O)COC(=O)c1ccc(Cl)cc1[N+](=O)[O-]. The van der Waals surface area contributed by atoms with E-state index in [0.717, 1.165) is 17.0 Å². The lowest BCUT2D eigenvalue weighted by Gasteiger charge is -2.15. The maximum atomic E-state index is 11.9. The van der Waals surface area contributed by atoms with E-state index in [9.17, 15) is 24.5 Å². The number of benzene rings is 1. The second kappa shape index (κ2) is 8.08. The van der Waals surface area contributed by atoms with E-state index >= 15 is 0 Å². The van der Waals surface area contributed by atoms with Gasteiger partial charge in [0.2, 0.25) is 5.91 Å². The summed E-state index contributed by atoms with van der Waals surface area (Å²) in [6.45, 7) is -0.847. The molecule has 0 aliphatic rings. The molecule has 1 rings (SSSR count). The number of carbonyl (C=O) groups excluding carboxylic acids is 3. The van der Waals surface area contributed by atoms with Gasteiger partial charge in [-0.05, 0) is 12.1 Å². The van der Waals surface area contributed by atoms with E-state index in [2.05, 4.69) is 5.32 Å². The first-order valence-corrected chi connectivity index (χ1v) is 6.69. The smallest absolute Gasteiger partial charge is 0.345 e. The summed E-state index contributed by atoms with van der Waals surface area (Å²) in [4.78, 5) is 45.9. The highest BCUT2D eigenvalue weighted by atomic mass is 35.5. The molecule has 0 heterocycles. The third kappa shape index (κ3) is 5.22. The number of carbonyl (C=O) groups is 3. The number of nitro benzene ring substituents is 1. The lowest BCUT2D eigenvalue weighted by molar-refractivity contribution is -0.385. The Bertz CT molecular complexity index is 649.